The Morgan fingerprint density at radius 2 is 1.45 bits per heavy atom. The van der Waals surface area contributed by atoms with Crippen LogP contribution in [0, 0.1) is 0 Å². The summed E-state index contributed by atoms with van der Waals surface area (Å²) in [5.41, 5.74) is 0.582. The molecule has 0 atom stereocenters. The number of carbonyl (C=O) groups is 2. The molecule has 8 heteroatoms. The van der Waals surface area contributed by atoms with Crippen LogP contribution in [-0.4, -0.2) is 61.2 Å². The molecule has 0 bridgehead atoms. The van der Waals surface area contributed by atoms with E-state index in [9.17, 15) is 9.59 Å². The summed E-state index contributed by atoms with van der Waals surface area (Å²) >= 11 is 1.30. The van der Waals surface area contributed by atoms with E-state index in [0.717, 1.165) is 11.3 Å². The van der Waals surface area contributed by atoms with Crippen molar-refractivity contribution in [1.29, 1.82) is 0 Å². The van der Waals surface area contributed by atoms with Crippen molar-refractivity contribution in [3.63, 3.8) is 0 Å². The predicted octanol–water partition coefficient (Wildman–Crippen LogP) is 5.98. The number of hydrogen-bond acceptors (Lipinski definition) is 5. The zero-order valence-electron chi connectivity index (χ0n) is 20.3. The molecule has 0 N–H and O–H groups in total. The van der Waals surface area contributed by atoms with E-state index in [2.05, 4.69) is 33.9 Å². The van der Waals surface area contributed by atoms with Gasteiger partial charge in [0.15, 0.2) is 0 Å². The van der Waals surface area contributed by atoms with Crippen LogP contribution in [0.5, 0.6) is 5.75 Å². The fourth-order valence-electron chi connectivity index (χ4n) is 2.74. The Kier molecular flexibility index (Phi) is 8.14. The van der Waals surface area contributed by atoms with Gasteiger partial charge < -0.3 is 19.0 Å². The van der Waals surface area contributed by atoms with Gasteiger partial charge in [0.25, 0.3) is 5.24 Å². The Hall–Kier alpha value is -1.67. The number of carbonyl (C=O) groups excluding carboxylic acids is 2. The molecule has 0 radical (unpaired) electrons. The largest absolute Gasteiger partial charge is 0.544 e. The average Bonchev–Trinajstić information content (AvgIpc) is 2.65. The highest BCUT2D eigenvalue weighted by atomic mass is 32.2. The molecule has 0 saturated carbocycles. The summed E-state index contributed by atoms with van der Waals surface area (Å²) in [5.74, 6) is 1.51. The maximum Gasteiger partial charge on any atom is 0.410 e. The van der Waals surface area contributed by atoms with Crippen molar-refractivity contribution in [2.45, 2.75) is 71.0 Å². The van der Waals surface area contributed by atoms with Crippen molar-refractivity contribution >= 4 is 31.4 Å². The normalized spacial score (nSPS) is 15.6. The van der Waals surface area contributed by atoms with Crippen molar-refractivity contribution in [2.24, 2.45) is 0 Å². The first kappa shape index (κ1) is 25.6. The highest BCUT2D eigenvalue weighted by Crippen LogP contribution is 2.37. The van der Waals surface area contributed by atoms with Crippen molar-refractivity contribution < 1.29 is 18.8 Å². The van der Waals surface area contributed by atoms with Gasteiger partial charge in [-0.1, -0.05) is 44.7 Å². The van der Waals surface area contributed by atoms with Crippen LogP contribution < -0.4 is 4.43 Å². The van der Waals surface area contributed by atoms with Gasteiger partial charge in [0.05, 0.1) is 0 Å². The van der Waals surface area contributed by atoms with Crippen molar-refractivity contribution in [3.05, 3.63) is 29.8 Å². The van der Waals surface area contributed by atoms with Gasteiger partial charge in [-0.3, -0.25) is 4.79 Å². The monoisotopic (exact) mass is 466 g/mol. The van der Waals surface area contributed by atoms with Crippen molar-refractivity contribution in [1.82, 2.24) is 9.80 Å². The zero-order valence-corrected chi connectivity index (χ0v) is 22.1. The molecule has 174 valence electrons. The minimum absolute atomic E-state index is 0.0467. The minimum atomic E-state index is -1.85. The molecule has 1 aliphatic rings. The molecular formula is C23H38N2O4SSi. The number of ether oxygens (including phenoxy) is 1. The van der Waals surface area contributed by atoms with E-state index >= 15 is 0 Å². The second kappa shape index (κ2) is 9.86. The molecule has 1 heterocycles. The Labute approximate surface area is 192 Å². The molecule has 31 heavy (non-hydrogen) atoms. The smallest absolute Gasteiger partial charge is 0.410 e. The average molecular weight is 467 g/mol. The Balaban J connectivity index is 1.80. The van der Waals surface area contributed by atoms with E-state index in [1.165, 1.54) is 11.8 Å². The fourth-order valence-corrected chi connectivity index (χ4v) is 4.62. The third-order valence-electron chi connectivity index (χ3n) is 5.65. The van der Waals surface area contributed by atoms with E-state index in [0.29, 0.717) is 31.9 Å². The van der Waals surface area contributed by atoms with Gasteiger partial charge in [-0.25, -0.2) is 4.79 Å². The van der Waals surface area contributed by atoms with Crippen molar-refractivity contribution in [2.75, 3.05) is 26.2 Å². The number of rotatable bonds is 4. The number of piperazine rings is 1. The molecule has 1 aromatic carbocycles. The summed E-state index contributed by atoms with van der Waals surface area (Å²) in [6.45, 7) is 18.8. The van der Waals surface area contributed by atoms with Crippen LogP contribution in [0.3, 0.4) is 0 Å². The SMILES string of the molecule is CC(C)(C)OC(=O)N1CCN(C(=O)SCc2ccc(O[Si](C)(C)C(C)(C)C)cc2)CC1. The zero-order chi connectivity index (χ0) is 23.4. The fraction of sp³-hybridized carbons (Fsp3) is 0.652. The molecule has 2 amide bonds. The van der Waals surface area contributed by atoms with Gasteiger partial charge >= 0.3 is 6.09 Å². The lowest BCUT2D eigenvalue weighted by atomic mass is 10.2. The quantitative estimate of drug-likeness (QED) is 0.511. The maximum atomic E-state index is 12.6. The first-order chi connectivity index (χ1) is 14.2. The topological polar surface area (TPSA) is 59.1 Å². The second-order valence-corrected chi connectivity index (χ2v) is 16.2. The van der Waals surface area contributed by atoms with Crippen LogP contribution in [0.4, 0.5) is 9.59 Å². The summed E-state index contributed by atoms with van der Waals surface area (Å²) in [5, 5.41) is 0.201. The molecule has 0 unspecified atom stereocenters. The molecule has 1 aromatic rings. The Morgan fingerprint density at radius 1 is 0.935 bits per heavy atom. The number of hydrogen-bond donors (Lipinski definition) is 0. The van der Waals surface area contributed by atoms with Crippen molar-refractivity contribution in [3.8, 4) is 5.75 Å². The van der Waals surface area contributed by atoms with Gasteiger partial charge in [0.2, 0.25) is 8.32 Å². The Morgan fingerprint density at radius 3 is 1.94 bits per heavy atom. The van der Waals surface area contributed by atoms with Crippen LogP contribution in [0.15, 0.2) is 24.3 Å². The first-order valence-corrected chi connectivity index (χ1v) is 14.7. The molecule has 1 aliphatic heterocycles. The lowest BCUT2D eigenvalue weighted by Gasteiger charge is -2.36. The van der Waals surface area contributed by atoms with Crippen LogP contribution in [0.2, 0.25) is 18.1 Å². The summed E-state index contributed by atoms with van der Waals surface area (Å²) in [6.07, 6.45) is -0.313. The van der Waals surface area contributed by atoms with Gasteiger partial charge in [0, 0.05) is 31.9 Å². The standard InChI is InChI=1S/C23H38N2O4SSi/c1-22(2,3)28-20(26)24-13-15-25(16-14-24)21(27)30-17-18-9-11-19(12-10-18)29-31(7,8)23(4,5)6/h9-12H,13-17H2,1-8H3. The second-order valence-electron chi connectivity index (χ2n) is 10.5. The van der Waals surface area contributed by atoms with Gasteiger partial charge in [0.1, 0.15) is 11.4 Å². The van der Waals surface area contributed by atoms with E-state index < -0.39 is 13.9 Å². The molecule has 1 fully saturated rings. The van der Waals surface area contributed by atoms with Gasteiger partial charge in [-0.15, -0.1) is 0 Å². The van der Waals surface area contributed by atoms with Gasteiger partial charge in [-0.05, 0) is 56.6 Å². The number of amides is 2. The first-order valence-electron chi connectivity index (χ1n) is 10.9. The van der Waals surface area contributed by atoms with E-state index in [1.54, 1.807) is 9.80 Å². The summed E-state index contributed by atoms with van der Waals surface area (Å²) in [6, 6.07) is 8.06. The lowest BCUT2D eigenvalue weighted by Crippen LogP contribution is -2.50. The molecule has 1 saturated heterocycles. The number of benzene rings is 1. The van der Waals surface area contributed by atoms with Crippen LogP contribution in [0.1, 0.15) is 47.1 Å². The van der Waals surface area contributed by atoms with Gasteiger partial charge in [-0.2, -0.15) is 0 Å². The number of nitrogens with zero attached hydrogens (tertiary/aromatic N) is 2. The maximum absolute atomic E-state index is 12.6. The predicted molar refractivity (Wildman–Crippen MR) is 130 cm³/mol. The van der Waals surface area contributed by atoms with Crippen LogP contribution >= 0.6 is 11.8 Å². The molecule has 0 spiro atoms. The summed E-state index contributed by atoms with van der Waals surface area (Å²) in [7, 11) is -1.85. The highest BCUT2D eigenvalue weighted by molar-refractivity contribution is 8.12. The van der Waals surface area contributed by atoms with E-state index in [-0.39, 0.29) is 16.4 Å². The molecule has 0 aromatic heterocycles. The summed E-state index contributed by atoms with van der Waals surface area (Å²) in [4.78, 5) is 28.2. The third-order valence-corrected chi connectivity index (χ3v) is 11.0. The van der Waals surface area contributed by atoms with E-state index in [1.807, 2.05) is 45.0 Å². The van der Waals surface area contributed by atoms with Crippen LogP contribution in [0.25, 0.3) is 0 Å². The molecule has 2 rings (SSSR count). The lowest BCUT2D eigenvalue weighted by molar-refractivity contribution is 0.0177. The third kappa shape index (κ3) is 7.75. The molecular weight excluding hydrogens is 428 g/mol. The minimum Gasteiger partial charge on any atom is -0.544 e. The van der Waals surface area contributed by atoms with Crippen LogP contribution in [-0.2, 0) is 10.5 Å². The van der Waals surface area contributed by atoms with E-state index in [4.69, 9.17) is 9.16 Å². The molecule has 6 nitrogen and oxygen atoms in total. The highest BCUT2D eigenvalue weighted by Gasteiger charge is 2.39. The summed E-state index contributed by atoms with van der Waals surface area (Å²) < 4.78 is 11.7. The number of thioether (sulfide) groups is 1. The molecule has 0 aliphatic carbocycles. The Bertz CT molecular complexity index is 761.